The Morgan fingerprint density at radius 1 is 1.38 bits per heavy atom. The molecule has 1 atom stereocenters. The predicted molar refractivity (Wildman–Crippen MR) is 90.3 cm³/mol. The van der Waals surface area contributed by atoms with Gasteiger partial charge in [0.15, 0.2) is 0 Å². The number of hydrogen-bond donors (Lipinski definition) is 2. The van der Waals surface area contributed by atoms with Gasteiger partial charge >= 0.3 is 0 Å². The summed E-state index contributed by atoms with van der Waals surface area (Å²) in [7, 11) is 0. The van der Waals surface area contributed by atoms with E-state index >= 15 is 0 Å². The van der Waals surface area contributed by atoms with Crippen molar-refractivity contribution in [2.75, 3.05) is 6.67 Å². The highest BCUT2D eigenvalue weighted by Crippen LogP contribution is 2.20. The van der Waals surface area contributed by atoms with Crippen LogP contribution in [0.25, 0.3) is 11.0 Å². The molecular formula is C17H23FN4O2. The average Bonchev–Trinajstić information content (AvgIpc) is 2.95. The summed E-state index contributed by atoms with van der Waals surface area (Å²) in [5, 5.41) is 3.38. The van der Waals surface area contributed by atoms with Gasteiger partial charge in [-0.3, -0.25) is 14.0 Å². The lowest BCUT2D eigenvalue weighted by Gasteiger charge is -2.12. The second-order valence-corrected chi connectivity index (χ2v) is 5.70. The second kappa shape index (κ2) is 8.42. The molecule has 0 aliphatic rings. The average molecular weight is 334 g/mol. The molecule has 2 amide bonds. The van der Waals surface area contributed by atoms with Crippen molar-refractivity contribution in [3.05, 3.63) is 30.1 Å². The van der Waals surface area contributed by atoms with Gasteiger partial charge in [-0.1, -0.05) is 6.92 Å². The van der Waals surface area contributed by atoms with E-state index in [9.17, 15) is 14.0 Å². The number of carbonyl (C=O) groups is 2. The van der Waals surface area contributed by atoms with Crippen LogP contribution in [0.5, 0.6) is 0 Å². The third kappa shape index (κ3) is 4.10. The summed E-state index contributed by atoms with van der Waals surface area (Å²) in [5.74, 6) is -0.903. The van der Waals surface area contributed by atoms with E-state index in [1.54, 1.807) is 25.4 Å². The number of unbranched alkanes of at least 4 members (excludes halogenated alkanes) is 2. The normalized spacial score (nSPS) is 12.2. The van der Waals surface area contributed by atoms with Crippen LogP contribution in [0, 0.1) is 0 Å². The number of aromatic nitrogens is 2. The fourth-order valence-electron chi connectivity index (χ4n) is 2.64. The quantitative estimate of drug-likeness (QED) is 0.689. The zero-order valence-electron chi connectivity index (χ0n) is 13.8. The molecule has 0 saturated carbocycles. The van der Waals surface area contributed by atoms with Crippen molar-refractivity contribution >= 4 is 22.8 Å². The fourth-order valence-corrected chi connectivity index (χ4v) is 2.64. The van der Waals surface area contributed by atoms with Gasteiger partial charge in [-0.25, -0.2) is 4.98 Å². The minimum Gasteiger partial charge on any atom is -0.368 e. The third-order valence-corrected chi connectivity index (χ3v) is 3.97. The molecule has 0 saturated heterocycles. The van der Waals surface area contributed by atoms with Gasteiger partial charge in [0.05, 0.1) is 12.2 Å². The molecule has 1 unspecified atom stereocenters. The van der Waals surface area contributed by atoms with Crippen LogP contribution < -0.4 is 11.1 Å². The maximum absolute atomic E-state index is 12.5. The number of fused-ring (bicyclic) bond motifs is 1. The van der Waals surface area contributed by atoms with Crippen molar-refractivity contribution in [3.63, 3.8) is 0 Å². The standard InChI is InChI=1S/C17H23FN4O2/c1-2-14(15(19)23)21-17(24)13-11-22(10-5-3-4-8-18)16-12(13)7-6-9-20-16/h6-7,9,11,14H,2-5,8,10H2,1H3,(H2,19,23)(H,21,24). The van der Waals surface area contributed by atoms with Crippen LogP contribution in [0.2, 0.25) is 0 Å². The van der Waals surface area contributed by atoms with E-state index in [4.69, 9.17) is 5.73 Å². The summed E-state index contributed by atoms with van der Waals surface area (Å²) in [4.78, 5) is 28.2. The van der Waals surface area contributed by atoms with E-state index in [1.807, 2.05) is 10.6 Å². The van der Waals surface area contributed by atoms with Crippen LogP contribution in [-0.4, -0.2) is 34.1 Å². The number of amides is 2. The van der Waals surface area contributed by atoms with E-state index in [2.05, 4.69) is 10.3 Å². The monoisotopic (exact) mass is 334 g/mol. The number of pyridine rings is 1. The molecule has 0 aromatic carbocycles. The van der Waals surface area contributed by atoms with E-state index in [0.29, 0.717) is 30.6 Å². The minimum absolute atomic E-state index is 0.316. The maximum atomic E-state index is 12.5. The van der Waals surface area contributed by atoms with Gasteiger partial charge in [0.25, 0.3) is 5.91 Å². The molecule has 3 N–H and O–H groups in total. The lowest BCUT2D eigenvalue weighted by atomic mass is 10.1. The molecule has 0 fully saturated rings. The van der Waals surface area contributed by atoms with E-state index in [-0.39, 0.29) is 12.6 Å². The number of carbonyl (C=O) groups excluding carboxylic acids is 2. The molecule has 130 valence electrons. The molecule has 2 aromatic heterocycles. The Morgan fingerprint density at radius 2 is 2.17 bits per heavy atom. The summed E-state index contributed by atoms with van der Waals surface area (Å²) in [5.41, 5.74) is 6.45. The van der Waals surface area contributed by atoms with E-state index in [0.717, 1.165) is 18.2 Å². The molecular weight excluding hydrogens is 311 g/mol. The number of nitrogens with one attached hydrogen (secondary N) is 1. The van der Waals surface area contributed by atoms with Crippen molar-refractivity contribution in [2.24, 2.45) is 5.73 Å². The van der Waals surface area contributed by atoms with Gasteiger partial charge in [-0.2, -0.15) is 0 Å². The number of halogens is 1. The number of alkyl halides is 1. The lowest BCUT2D eigenvalue weighted by Crippen LogP contribution is -2.43. The number of aryl methyl sites for hydroxylation is 1. The highest BCUT2D eigenvalue weighted by atomic mass is 19.1. The number of hydrogen-bond acceptors (Lipinski definition) is 3. The molecule has 0 radical (unpaired) electrons. The first-order chi connectivity index (χ1) is 11.6. The van der Waals surface area contributed by atoms with Crippen molar-refractivity contribution in [3.8, 4) is 0 Å². The zero-order chi connectivity index (χ0) is 17.5. The number of nitrogens with two attached hydrogens (primary N) is 1. The fraction of sp³-hybridized carbons (Fsp3) is 0.471. The zero-order valence-corrected chi connectivity index (χ0v) is 13.8. The summed E-state index contributed by atoms with van der Waals surface area (Å²) >= 11 is 0. The van der Waals surface area contributed by atoms with Crippen LogP contribution >= 0.6 is 0 Å². The van der Waals surface area contributed by atoms with Gasteiger partial charge in [-0.05, 0) is 37.8 Å². The molecule has 0 aliphatic carbocycles. The molecule has 7 heteroatoms. The number of rotatable bonds is 9. The van der Waals surface area contributed by atoms with Crippen LogP contribution in [0.15, 0.2) is 24.5 Å². The molecule has 2 aromatic rings. The van der Waals surface area contributed by atoms with E-state index < -0.39 is 11.9 Å². The molecule has 0 spiro atoms. The molecule has 2 rings (SSSR count). The second-order valence-electron chi connectivity index (χ2n) is 5.70. The van der Waals surface area contributed by atoms with Crippen molar-refractivity contribution in [1.29, 1.82) is 0 Å². The predicted octanol–water partition coefficient (Wildman–Crippen LogP) is 2.17. The van der Waals surface area contributed by atoms with Gasteiger partial charge in [0.2, 0.25) is 5.91 Å². The van der Waals surface area contributed by atoms with Crippen molar-refractivity contribution in [2.45, 2.75) is 45.2 Å². The molecule has 2 heterocycles. The summed E-state index contributed by atoms with van der Waals surface area (Å²) < 4.78 is 14.1. The first kappa shape index (κ1) is 17.9. The van der Waals surface area contributed by atoms with Crippen molar-refractivity contribution in [1.82, 2.24) is 14.9 Å². The smallest absolute Gasteiger partial charge is 0.254 e. The molecule has 6 nitrogen and oxygen atoms in total. The van der Waals surface area contributed by atoms with Gasteiger partial charge < -0.3 is 15.6 Å². The Balaban J connectivity index is 2.23. The minimum atomic E-state index is -0.697. The molecule has 24 heavy (non-hydrogen) atoms. The Hall–Kier alpha value is -2.44. The summed E-state index contributed by atoms with van der Waals surface area (Å²) in [6, 6.07) is 2.88. The van der Waals surface area contributed by atoms with Crippen LogP contribution in [0.3, 0.4) is 0 Å². The highest BCUT2D eigenvalue weighted by molar-refractivity contribution is 6.07. The lowest BCUT2D eigenvalue weighted by molar-refractivity contribution is -0.119. The number of nitrogens with zero attached hydrogens (tertiary/aromatic N) is 2. The van der Waals surface area contributed by atoms with Crippen molar-refractivity contribution < 1.29 is 14.0 Å². The maximum Gasteiger partial charge on any atom is 0.254 e. The van der Waals surface area contributed by atoms with Gasteiger partial charge in [0.1, 0.15) is 11.7 Å². The Kier molecular flexibility index (Phi) is 6.28. The summed E-state index contributed by atoms with van der Waals surface area (Å²) in [6.07, 6.45) is 5.96. The third-order valence-electron chi connectivity index (χ3n) is 3.97. The van der Waals surface area contributed by atoms with Crippen LogP contribution in [0.1, 0.15) is 43.0 Å². The first-order valence-electron chi connectivity index (χ1n) is 8.18. The topological polar surface area (TPSA) is 90.0 Å². The van der Waals surface area contributed by atoms with E-state index in [1.165, 1.54) is 0 Å². The van der Waals surface area contributed by atoms with Gasteiger partial charge in [0, 0.05) is 24.3 Å². The van der Waals surface area contributed by atoms with Crippen LogP contribution in [-0.2, 0) is 11.3 Å². The Morgan fingerprint density at radius 3 is 2.83 bits per heavy atom. The first-order valence-corrected chi connectivity index (χ1v) is 8.18. The SMILES string of the molecule is CCC(NC(=O)c1cn(CCCCCF)c2ncccc12)C(N)=O. The Bertz CT molecular complexity index is 714. The molecule has 0 aliphatic heterocycles. The number of primary amides is 1. The molecule has 0 bridgehead atoms. The highest BCUT2D eigenvalue weighted by Gasteiger charge is 2.20. The van der Waals surface area contributed by atoms with Crippen LogP contribution in [0.4, 0.5) is 4.39 Å². The van der Waals surface area contributed by atoms with Gasteiger partial charge in [-0.15, -0.1) is 0 Å². The summed E-state index contributed by atoms with van der Waals surface area (Å²) in [6.45, 7) is 2.13. The Labute approximate surface area is 140 Å². The largest absolute Gasteiger partial charge is 0.368 e.